The van der Waals surface area contributed by atoms with Crippen LogP contribution in [0, 0.1) is 5.82 Å². The molecule has 0 aromatic heterocycles. The molecule has 1 N–H and O–H groups in total. The highest BCUT2D eigenvalue weighted by molar-refractivity contribution is 7.89. The number of rotatable bonds is 6. The predicted octanol–water partition coefficient (Wildman–Crippen LogP) is 2.51. The Hall–Kier alpha value is -2.75. The fraction of sp³-hybridized carbons (Fsp3) is 0.250. The molecule has 1 aliphatic rings. The molecule has 0 bridgehead atoms. The van der Waals surface area contributed by atoms with Gasteiger partial charge >= 0.3 is 0 Å². The van der Waals surface area contributed by atoms with Crippen LogP contribution in [0.2, 0.25) is 0 Å². The molecule has 9 heteroatoms. The molecule has 0 spiro atoms. The Morgan fingerprint density at radius 1 is 1.21 bits per heavy atom. The average molecular weight is 420 g/mol. The van der Waals surface area contributed by atoms with Crippen LogP contribution in [0.1, 0.15) is 5.56 Å². The van der Waals surface area contributed by atoms with E-state index in [0.717, 1.165) is 0 Å². The SMILES string of the molecule is COc1ccc(NC(=O)/C=C/c2ccccc2F)cc1S(=O)(=O)N1CCOCC1. The number of carbonyl (C=O) groups excluding carboxylic acids is 1. The van der Waals surface area contributed by atoms with Gasteiger partial charge in [0.25, 0.3) is 0 Å². The van der Waals surface area contributed by atoms with Crippen molar-refractivity contribution >= 4 is 27.7 Å². The van der Waals surface area contributed by atoms with E-state index in [1.54, 1.807) is 18.2 Å². The van der Waals surface area contributed by atoms with Crippen LogP contribution in [0.5, 0.6) is 5.75 Å². The number of amides is 1. The fourth-order valence-electron chi connectivity index (χ4n) is 2.84. The Morgan fingerprint density at radius 2 is 1.93 bits per heavy atom. The highest BCUT2D eigenvalue weighted by Crippen LogP contribution is 2.30. The number of sulfonamides is 1. The van der Waals surface area contributed by atoms with Crippen molar-refractivity contribution in [2.75, 3.05) is 38.7 Å². The van der Waals surface area contributed by atoms with Crippen molar-refractivity contribution in [2.24, 2.45) is 0 Å². The zero-order chi connectivity index (χ0) is 20.9. The molecule has 3 rings (SSSR count). The maximum absolute atomic E-state index is 13.6. The molecule has 0 unspecified atom stereocenters. The molecule has 2 aromatic carbocycles. The summed E-state index contributed by atoms with van der Waals surface area (Å²) in [7, 11) is -2.44. The highest BCUT2D eigenvalue weighted by atomic mass is 32.2. The first-order valence-electron chi connectivity index (χ1n) is 8.91. The van der Waals surface area contributed by atoms with E-state index in [-0.39, 0.29) is 35.0 Å². The minimum atomic E-state index is -3.81. The molecular formula is C20H21FN2O5S. The second-order valence-electron chi connectivity index (χ2n) is 6.23. The monoisotopic (exact) mass is 420 g/mol. The molecule has 0 aliphatic carbocycles. The van der Waals surface area contributed by atoms with Gasteiger partial charge in [-0.05, 0) is 30.3 Å². The predicted molar refractivity (Wildman–Crippen MR) is 107 cm³/mol. The molecule has 1 aliphatic heterocycles. The Labute approximate surface area is 168 Å². The van der Waals surface area contributed by atoms with E-state index in [1.807, 2.05) is 0 Å². The van der Waals surface area contributed by atoms with E-state index in [1.165, 1.54) is 47.8 Å². The summed E-state index contributed by atoms with van der Waals surface area (Å²) >= 11 is 0. The summed E-state index contributed by atoms with van der Waals surface area (Å²) in [6.07, 6.45) is 2.53. The second kappa shape index (κ2) is 9.17. The number of hydrogen-bond donors (Lipinski definition) is 1. The third-order valence-electron chi connectivity index (χ3n) is 4.34. The number of anilines is 1. The maximum atomic E-state index is 13.6. The van der Waals surface area contributed by atoms with E-state index in [0.29, 0.717) is 13.2 Å². The number of nitrogens with one attached hydrogen (secondary N) is 1. The lowest BCUT2D eigenvalue weighted by atomic mass is 10.2. The Morgan fingerprint density at radius 3 is 2.62 bits per heavy atom. The fourth-order valence-corrected chi connectivity index (χ4v) is 4.43. The van der Waals surface area contributed by atoms with Crippen LogP contribution in [0.4, 0.5) is 10.1 Å². The van der Waals surface area contributed by atoms with Crippen LogP contribution in [-0.4, -0.2) is 52.0 Å². The van der Waals surface area contributed by atoms with Gasteiger partial charge in [-0.3, -0.25) is 4.79 Å². The van der Waals surface area contributed by atoms with Crippen molar-refractivity contribution < 1.29 is 27.1 Å². The quantitative estimate of drug-likeness (QED) is 0.726. The molecule has 2 aromatic rings. The first-order chi connectivity index (χ1) is 13.9. The van der Waals surface area contributed by atoms with Gasteiger partial charge in [0, 0.05) is 30.4 Å². The van der Waals surface area contributed by atoms with Crippen molar-refractivity contribution in [3.05, 3.63) is 59.9 Å². The smallest absolute Gasteiger partial charge is 0.248 e. The number of ether oxygens (including phenoxy) is 2. The first-order valence-corrected chi connectivity index (χ1v) is 10.4. The third kappa shape index (κ3) is 5.00. The van der Waals surface area contributed by atoms with Gasteiger partial charge in [-0.2, -0.15) is 4.31 Å². The minimum Gasteiger partial charge on any atom is -0.495 e. The van der Waals surface area contributed by atoms with Gasteiger partial charge < -0.3 is 14.8 Å². The molecule has 29 heavy (non-hydrogen) atoms. The van der Waals surface area contributed by atoms with Crippen LogP contribution in [-0.2, 0) is 19.6 Å². The molecule has 154 valence electrons. The van der Waals surface area contributed by atoms with Crippen molar-refractivity contribution in [1.82, 2.24) is 4.31 Å². The van der Waals surface area contributed by atoms with Crippen molar-refractivity contribution in [3.8, 4) is 5.75 Å². The summed E-state index contributed by atoms with van der Waals surface area (Å²) in [4.78, 5) is 12.1. The van der Waals surface area contributed by atoms with Gasteiger partial charge in [-0.25, -0.2) is 12.8 Å². The van der Waals surface area contributed by atoms with Crippen LogP contribution in [0.25, 0.3) is 6.08 Å². The Kier molecular flexibility index (Phi) is 6.63. The van der Waals surface area contributed by atoms with Crippen LogP contribution in [0.15, 0.2) is 53.4 Å². The lowest BCUT2D eigenvalue weighted by Crippen LogP contribution is -2.40. The van der Waals surface area contributed by atoms with Crippen LogP contribution >= 0.6 is 0 Å². The van der Waals surface area contributed by atoms with E-state index < -0.39 is 21.7 Å². The normalized spacial score (nSPS) is 15.4. The summed E-state index contributed by atoms with van der Waals surface area (Å²) in [5.41, 5.74) is 0.550. The van der Waals surface area contributed by atoms with Crippen LogP contribution < -0.4 is 10.1 Å². The number of benzene rings is 2. The van der Waals surface area contributed by atoms with E-state index in [4.69, 9.17) is 9.47 Å². The molecule has 0 radical (unpaired) electrons. The summed E-state index contributed by atoms with van der Waals surface area (Å²) in [6, 6.07) is 10.4. The first kappa shape index (κ1) is 21.0. The molecule has 1 amide bonds. The Balaban J connectivity index is 1.81. The van der Waals surface area contributed by atoms with Crippen molar-refractivity contribution in [3.63, 3.8) is 0 Å². The summed E-state index contributed by atoms with van der Waals surface area (Å²) in [5, 5.41) is 2.59. The number of hydrogen-bond acceptors (Lipinski definition) is 5. The summed E-state index contributed by atoms with van der Waals surface area (Å²) in [5.74, 6) is -0.788. The number of morpholine rings is 1. The maximum Gasteiger partial charge on any atom is 0.248 e. The lowest BCUT2D eigenvalue weighted by molar-refractivity contribution is -0.111. The zero-order valence-corrected chi connectivity index (χ0v) is 16.6. The minimum absolute atomic E-state index is 0.0437. The van der Waals surface area contributed by atoms with E-state index in [9.17, 15) is 17.6 Å². The van der Waals surface area contributed by atoms with Crippen molar-refractivity contribution in [2.45, 2.75) is 4.90 Å². The largest absolute Gasteiger partial charge is 0.495 e. The van der Waals surface area contributed by atoms with E-state index >= 15 is 0 Å². The molecule has 0 saturated carbocycles. The highest BCUT2D eigenvalue weighted by Gasteiger charge is 2.29. The lowest BCUT2D eigenvalue weighted by Gasteiger charge is -2.26. The number of halogens is 1. The molecule has 1 heterocycles. The standard InChI is InChI=1S/C20H21FN2O5S/c1-27-18-8-7-16(14-19(18)29(25,26)23-10-12-28-13-11-23)22-20(24)9-6-15-4-2-3-5-17(15)21/h2-9,14H,10-13H2,1H3,(H,22,24)/b9-6+. The topological polar surface area (TPSA) is 84.9 Å². The molecule has 1 saturated heterocycles. The van der Waals surface area contributed by atoms with E-state index in [2.05, 4.69) is 5.32 Å². The number of carbonyl (C=O) groups is 1. The molecule has 7 nitrogen and oxygen atoms in total. The Bertz CT molecular complexity index is 1020. The van der Waals surface area contributed by atoms with Gasteiger partial charge in [-0.1, -0.05) is 18.2 Å². The zero-order valence-electron chi connectivity index (χ0n) is 15.8. The second-order valence-corrected chi connectivity index (χ2v) is 8.13. The van der Waals surface area contributed by atoms with Crippen molar-refractivity contribution in [1.29, 1.82) is 0 Å². The summed E-state index contributed by atoms with van der Waals surface area (Å²) < 4.78 is 51.3. The molecule has 1 fully saturated rings. The number of nitrogens with zero attached hydrogens (tertiary/aromatic N) is 1. The van der Waals surface area contributed by atoms with Gasteiger partial charge in [0.15, 0.2) is 0 Å². The molecular weight excluding hydrogens is 399 g/mol. The van der Waals surface area contributed by atoms with Gasteiger partial charge in [0.1, 0.15) is 16.5 Å². The third-order valence-corrected chi connectivity index (χ3v) is 6.26. The van der Waals surface area contributed by atoms with Gasteiger partial charge in [0.2, 0.25) is 15.9 Å². The van der Waals surface area contributed by atoms with Gasteiger partial charge in [0.05, 0.1) is 20.3 Å². The molecule has 0 atom stereocenters. The number of methoxy groups -OCH3 is 1. The van der Waals surface area contributed by atoms with Gasteiger partial charge in [-0.15, -0.1) is 0 Å². The summed E-state index contributed by atoms with van der Waals surface area (Å²) in [6.45, 7) is 1.12. The van der Waals surface area contributed by atoms with Crippen LogP contribution in [0.3, 0.4) is 0 Å². The average Bonchev–Trinajstić information content (AvgIpc) is 2.74.